The fourth-order valence-corrected chi connectivity index (χ4v) is 4.09. The number of hydrogen-bond acceptors (Lipinski definition) is 8. The van der Waals surface area contributed by atoms with Gasteiger partial charge in [-0.1, -0.05) is 18.2 Å². The second kappa shape index (κ2) is 9.92. The van der Waals surface area contributed by atoms with E-state index in [1.807, 2.05) is 0 Å². The first kappa shape index (κ1) is 22.8. The lowest BCUT2D eigenvalue weighted by Crippen LogP contribution is -2.34. The molecule has 3 rings (SSSR count). The molecule has 32 heavy (non-hydrogen) atoms. The van der Waals surface area contributed by atoms with Crippen LogP contribution in [0.25, 0.3) is 0 Å². The minimum Gasteiger partial charge on any atom is -0.497 e. The van der Waals surface area contributed by atoms with Crippen molar-refractivity contribution in [2.24, 2.45) is 0 Å². The molecular weight excluding hydrogens is 438 g/mol. The van der Waals surface area contributed by atoms with Crippen molar-refractivity contribution in [1.82, 2.24) is 5.32 Å². The van der Waals surface area contributed by atoms with E-state index in [1.165, 1.54) is 37.4 Å². The van der Waals surface area contributed by atoms with Gasteiger partial charge in [0.25, 0.3) is 11.8 Å². The second-order valence-corrected chi connectivity index (χ2v) is 8.52. The molecule has 2 aromatic carbocycles. The van der Waals surface area contributed by atoms with E-state index in [1.54, 1.807) is 30.3 Å². The van der Waals surface area contributed by atoms with Gasteiger partial charge in [0.2, 0.25) is 5.76 Å². The summed E-state index contributed by atoms with van der Waals surface area (Å²) in [5.41, 5.74) is 0.304. The average Bonchev–Trinajstić information content (AvgIpc) is 3.25. The highest BCUT2D eigenvalue weighted by atomic mass is 32.2. The zero-order valence-corrected chi connectivity index (χ0v) is 17.8. The van der Waals surface area contributed by atoms with Gasteiger partial charge in [-0.05, 0) is 42.5 Å². The monoisotopic (exact) mass is 457 g/mol. The number of sulfone groups is 1. The van der Waals surface area contributed by atoms with Crippen LogP contribution in [0, 0.1) is 0 Å². The van der Waals surface area contributed by atoms with Crippen LogP contribution in [-0.2, 0) is 25.1 Å². The van der Waals surface area contributed by atoms with Crippen LogP contribution in [-0.4, -0.2) is 39.9 Å². The Labute approximate surface area is 183 Å². The summed E-state index contributed by atoms with van der Waals surface area (Å²) in [5.74, 6) is -2.84. The lowest BCUT2D eigenvalue weighted by Gasteiger charge is -2.07. The molecule has 1 N–H and O–H groups in total. The van der Waals surface area contributed by atoms with Crippen LogP contribution in [0.5, 0.6) is 5.75 Å². The summed E-state index contributed by atoms with van der Waals surface area (Å²) in [6.07, 6.45) is 1.15. The lowest BCUT2D eigenvalue weighted by molar-refractivity contribution is -0.123. The van der Waals surface area contributed by atoms with E-state index in [-0.39, 0.29) is 21.8 Å². The van der Waals surface area contributed by atoms with Crippen LogP contribution in [0.3, 0.4) is 0 Å². The van der Waals surface area contributed by atoms with Crippen LogP contribution in [0.2, 0.25) is 0 Å². The SMILES string of the molecule is COc1ccc(C(=O)NC(=O)COC(=O)c2occc2CS(=O)(=O)c2ccccc2)cc1. The molecule has 0 aliphatic carbocycles. The van der Waals surface area contributed by atoms with E-state index in [9.17, 15) is 22.8 Å². The molecule has 0 aliphatic heterocycles. The van der Waals surface area contributed by atoms with E-state index in [4.69, 9.17) is 13.9 Å². The zero-order chi connectivity index (χ0) is 23.1. The summed E-state index contributed by atoms with van der Waals surface area (Å²) in [6.45, 7) is -0.758. The third-order valence-corrected chi connectivity index (χ3v) is 6.00. The lowest BCUT2D eigenvalue weighted by atomic mass is 10.2. The van der Waals surface area contributed by atoms with Gasteiger partial charge in [-0.2, -0.15) is 0 Å². The predicted octanol–water partition coefficient (Wildman–Crippen LogP) is 2.38. The molecule has 0 fully saturated rings. The van der Waals surface area contributed by atoms with Gasteiger partial charge >= 0.3 is 5.97 Å². The molecule has 0 unspecified atom stereocenters. The Kier molecular flexibility index (Phi) is 7.06. The molecule has 0 aliphatic rings. The third kappa shape index (κ3) is 5.61. The summed E-state index contributed by atoms with van der Waals surface area (Å²) >= 11 is 0. The number of rotatable bonds is 8. The maximum absolute atomic E-state index is 12.5. The van der Waals surface area contributed by atoms with E-state index < -0.39 is 40.0 Å². The van der Waals surface area contributed by atoms with Gasteiger partial charge in [-0.3, -0.25) is 14.9 Å². The summed E-state index contributed by atoms with van der Waals surface area (Å²) < 4.78 is 40.0. The van der Waals surface area contributed by atoms with Gasteiger partial charge in [0.1, 0.15) is 5.75 Å². The highest BCUT2D eigenvalue weighted by Gasteiger charge is 2.24. The maximum atomic E-state index is 12.5. The highest BCUT2D eigenvalue weighted by molar-refractivity contribution is 7.90. The molecule has 1 heterocycles. The quantitative estimate of drug-likeness (QED) is 0.511. The molecule has 0 spiro atoms. The van der Waals surface area contributed by atoms with Crippen LogP contribution < -0.4 is 10.1 Å². The summed E-state index contributed by atoms with van der Waals surface area (Å²) in [4.78, 5) is 36.4. The predicted molar refractivity (Wildman–Crippen MR) is 112 cm³/mol. The Morgan fingerprint density at radius 3 is 2.31 bits per heavy atom. The Bertz CT molecular complexity index is 1210. The van der Waals surface area contributed by atoms with E-state index in [0.717, 1.165) is 6.26 Å². The van der Waals surface area contributed by atoms with Gasteiger partial charge in [0.05, 0.1) is 24.0 Å². The standard InChI is InChI=1S/C22H19NO8S/c1-29-17-9-7-15(8-10-17)21(25)23-19(24)13-31-22(26)20-16(11-12-30-20)14-32(27,28)18-5-3-2-4-6-18/h2-12H,13-14H2,1H3,(H,23,24,25). The normalized spacial score (nSPS) is 10.9. The topological polar surface area (TPSA) is 129 Å². The van der Waals surface area contributed by atoms with Crippen LogP contribution in [0.1, 0.15) is 26.5 Å². The summed E-state index contributed by atoms with van der Waals surface area (Å²) in [5, 5.41) is 2.09. The number of nitrogens with one attached hydrogen (secondary N) is 1. The fourth-order valence-electron chi connectivity index (χ4n) is 2.72. The van der Waals surface area contributed by atoms with Crippen molar-refractivity contribution in [3.05, 3.63) is 83.8 Å². The van der Waals surface area contributed by atoms with Crippen LogP contribution >= 0.6 is 0 Å². The zero-order valence-electron chi connectivity index (χ0n) is 16.9. The van der Waals surface area contributed by atoms with Gasteiger partial charge in [-0.15, -0.1) is 0 Å². The fraction of sp³-hybridized carbons (Fsp3) is 0.136. The molecule has 166 valence electrons. The Morgan fingerprint density at radius 2 is 1.66 bits per heavy atom. The van der Waals surface area contributed by atoms with E-state index in [2.05, 4.69) is 5.32 Å². The molecular formula is C22H19NO8S. The van der Waals surface area contributed by atoms with Gasteiger partial charge < -0.3 is 13.9 Å². The smallest absolute Gasteiger partial charge is 0.375 e. The number of carbonyl (C=O) groups excluding carboxylic acids is 3. The molecule has 1 aromatic heterocycles. The summed E-state index contributed by atoms with van der Waals surface area (Å²) in [6, 6.07) is 15.1. The molecule has 2 amide bonds. The summed E-state index contributed by atoms with van der Waals surface area (Å²) in [7, 11) is -2.24. The molecule has 10 heteroatoms. The molecule has 0 bridgehead atoms. The van der Waals surface area contributed by atoms with Gasteiger partial charge in [0, 0.05) is 11.1 Å². The number of benzene rings is 2. The van der Waals surface area contributed by atoms with E-state index in [0.29, 0.717) is 5.75 Å². The Balaban J connectivity index is 1.58. The Hall–Kier alpha value is -3.92. The van der Waals surface area contributed by atoms with Crippen molar-refractivity contribution in [3.63, 3.8) is 0 Å². The number of esters is 1. The van der Waals surface area contributed by atoms with Crippen molar-refractivity contribution in [3.8, 4) is 5.75 Å². The van der Waals surface area contributed by atoms with Crippen molar-refractivity contribution in [2.75, 3.05) is 13.7 Å². The number of methoxy groups -OCH3 is 1. The molecule has 0 saturated heterocycles. The third-order valence-electron chi connectivity index (χ3n) is 4.32. The number of amides is 2. The minimum atomic E-state index is -3.72. The molecule has 0 saturated carbocycles. The van der Waals surface area contributed by atoms with Crippen molar-refractivity contribution in [2.45, 2.75) is 10.6 Å². The van der Waals surface area contributed by atoms with E-state index >= 15 is 0 Å². The van der Waals surface area contributed by atoms with Crippen molar-refractivity contribution >= 4 is 27.6 Å². The molecule has 9 nitrogen and oxygen atoms in total. The largest absolute Gasteiger partial charge is 0.497 e. The number of ether oxygens (including phenoxy) is 2. The minimum absolute atomic E-state index is 0.0913. The molecule has 0 atom stereocenters. The number of furan rings is 1. The molecule has 0 radical (unpaired) electrons. The van der Waals surface area contributed by atoms with Crippen LogP contribution in [0.4, 0.5) is 0 Å². The first-order valence-electron chi connectivity index (χ1n) is 9.29. The van der Waals surface area contributed by atoms with Crippen molar-refractivity contribution in [1.29, 1.82) is 0 Å². The second-order valence-electron chi connectivity index (χ2n) is 6.53. The first-order chi connectivity index (χ1) is 15.3. The Morgan fingerprint density at radius 1 is 0.969 bits per heavy atom. The van der Waals surface area contributed by atoms with Gasteiger partial charge in [0.15, 0.2) is 16.4 Å². The average molecular weight is 457 g/mol. The van der Waals surface area contributed by atoms with Gasteiger partial charge in [-0.25, -0.2) is 13.2 Å². The number of imide groups is 1. The highest BCUT2D eigenvalue weighted by Crippen LogP contribution is 2.20. The van der Waals surface area contributed by atoms with Crippen molar-refractivity contribution < 1.29 is 36.7 Å². The number of carbonyl (C=O) groups is 3. The molecule has 3 aromatic rings. The first-order valence-corrected chi connectivity index (χ1v) is 10.9. The maximum Gasteiger partial charge on any atom is 0.375 e. The number of hydrogen-bond donors (Lipinski definition) is 1. The van der Waals surface area contributed by atoms with Crippen LogP contribution in [0.15, 0.2) is 76.2 Å².